The Morgan fingerprint density at radius 1 is 1.35 bits per heavy atom. The minimum atomic E-state index is -0.835. The van der Waals surface area contributed by atoms with Gasteiger partial charge in [-0.1, -0.05) is 18.2 Å². The number of nitrogens with zero attached hydrogens (tertiary/aromatic N) is 2. The number of carbonyl (C=O) groups is 1. The summed E-state index contributed by atoms with van der Waals surface area (Å²) in [5, 5.41) is 13.5. The number of para-hydroxylation sites is 1. The average molecular weight is 270 g/mol. The second-order valence-corrected chi connectivity index (χ2v) is 5.56. The molecule has 1 N–H and O–H groups in total. The van der Waals surface area contributed by atoms with Crippen LogP contribution in [0, 0.1) is 13.8 Å². The van der Waals surface area contributed by atoms with Gasteiger partial charge in [-0.2, -0.15) is 5.10 Å². The van der Waals surface area contributed by atoms with E-state index in [0.717, 1.165) is 22.5 Å². The molecular weight excluding hydrogens is 252 g/mol. The van der Waals surface area contributed by atoms with Crippen molar-refractivity contribution in [3.8, 4) is 5.69 Å². The Morgan fingerprint density at radius 2 is 2.00 bits per heavy atom. The maximum absolute atomic E-state index is 10.9. The fourth-order valence-electron chi connectivity index (χ4n) is 2.68. The number of aliphatic carboxylic acids is 1. The highest BCUT2D eigenvalue weighted by atomic mass is 16.4. The largest absolute Gasteiger partial charge is 0.481 e. The molecule has 104 valence electrons. The maximum atomic E-state index is 10.9. The molecule has 0 spiro atoms. The van der Waals surface area contributed by atoms with Crippen LogP contribution in [0.15, 0.2) is 24.3 Å². The summed E-state index contributed by atoms with van der Waals surface area (Å²) in [5.41, 5.74) is 5.21. The van der Waals surface area contributed by atoms with E-state index < -0.39 is 5.97 Å². The van der Waals surface area contributed by atoms with Crippen LogP contribution in [0.4, 0.5) is 0 Å². The Morgan fingerprint density at radius 3 is 2.55 bits per heavy atom. The van der Waals surface area contributed by atoms with Gasteiger partial charge < -0.3 is 5.11 Å². The number of hydrogen-bond donors (Lipinski definition) is 1. The Labute approximate surface area is 118 Å². The molecule has 20 heavy (non-hydrogen) atoms. The number of rotatable bonds is 4. The Hall–Kier alpha value is -2.10. The Kier molecular flexibility index (Phi) is 3.08. The first kappa shape index (κ1) is 12.9. The predicted molar refractivity (Wildman–Crippen MR) is 76.4 cm³/mol. The van der Waals surface area contributed by atoms with Crippen molar-refractivity contribution in [1.29, 1.82) is 0 Å². The van der Waals surface area contributed by atoms with Crippen LogP contribution in [-0.4, -0.2) is 20.9 Å². The molecule has 0 bridgehead atoms. The molecule has 2 aromatic rings. The van der Waals surface area contributed by atoms with Crippen molar-refractivity contribution in [2.75, 3.05) is 0 Å². The van der Waals surface area contributed by atoms with Crippen molar-refractivity contribution in [2.24, 2.45) is 0 Å². The fraction of sp³-hybridized carbons (Fsp3) is 0.375. The lowest BCUT2D eigenvalue weighted by Crippen LogP contribution is -2.07. The summed E-state index contributed by atoms with van der Waals surface area (Å²) in [7, 11) is 0. The van der Waals surface area contributed by atoms with Gasteiger partial charge in [-0.25, -0.2) is 4.68 Å². The molecule has 1 aromatic carbocycles. The quantitative estimate of drug-likeness (QED) is 0.929. The minimum absolute atomic E-state index is 0.0162. The molecule has 0 unspecified atom stereocenters. The van der Waals surface area contributed by atoms with E-state index in [1.807, 2.05) is 16.8 Å². The highest BCUT2D eigenvalue weighted by Crippen LogP contribution is 2.41. The number of carboxylic acid groups (broad SMARTS) is 1. The maximum Gasteiger partial charge on any atom is 0.309 e. The molecule has 1 aliphatic rings. The molecule has 4 nitrogen and oxygen atoms in total. The van der Waals surface area contributed by atoms with Gasteiger partial charge >= 0.3 is 5.97 Å². The number of benzene rings is 1. The second-order valence-electron chi connectivity index (χ2n) is 5.56. The molecule has 1 fully saturated rings. The summed E-state index contributed by atoms with van der Waals surface area (Å²) >= 11 is 0. The molecule has 0 amide bonds. The summed E-state index contributed by atoms with van der Waals surface area (Å²) < 4.78 is 1.96. The van der Waals surface area contributed by atoms with E-state index in [1.54, 1.807) is 0 Å². The highest BCUT2D eigenvalue weighted by Gasteiger charge is 2.29. The molecule has 3 rings (SSSR count). The standard InChI is InChI=1S/C16H18N2O2/c1-10-4-3-5-11(2)16(10)18-14(12-6-7-12)8-13(17-18)9-15(19)20/h3-5,8,12H,6-7,9H2,1-2H3,(H,19,20). The monoisotopic (exact) mass is 270 g/mol. The van der Waals surface area contributed by atoms with Crippen molar-refractivity contribution in [3.63, 3.8) is 0 Å². The summed E-state index contributed by atoms with van der Waals surface area (Å²) in [5.74, 6) is -0.303. The van der Waals surface area contributed by atoms with E-state index in [2.05, 4.69) is 31.1 Å². The molecule has 1 aromatic heterocycles. The van der Waals surface area contributed by atoms with Crippen molar-refractivity contribution < 1.29 is 9.90 Å². The van der Waals surface area contributed by atoms with Crippen LogP contribution >= 0.6 is 0 Å². The van der Waals surface area contributed by atoms with E-state index in [-0.39, 0.29) is 6.42 Å². The van der Waals surface area contributed by atoms with Gasteiger partial charge in [-0.3, -0.25) is 4.79 Å². The molecular formula is C16H18N2O2. The Balaban J connectivity index is 2.12. The first-order valence-electron chi connectivity index (χ1n) is 6.93. The van der Waals surface area contributed by atoms with Crippen LogP contribution in [0.5, 0.6) is 0 Å². The summed E-state index contributed by atoms with van der Waals surface area (Å²) in [6.45, 7) is 4.13. The van der Waals surface area contributed by atoms with Gasteiger partial charge in [-0.05, 0) is 43.9 Å². The molecule has 0 aliphatic heterocycles. The lowest BCUT2D eigenvalue weighted by atomic mass is 10.1. The van der Waals surface area contributed by atoms with Gasteiger partial charge in [-0.15, -0.1) is 0 Å². The SMILES string of the molecule is Cc1cccc(C)c1-n1nc(CC(=O)O)cc1C1CC1. The fourth-order valence-corrected chi connectivity index (χ4v) is 2.68. The van der Waals surface area contributed by atoms with Gasteiger partial charge in [0, 0.05) is 11.6 Å². The summed E-state index contributed by atoms with van der Waals surface area (Å²) in [6, 6.07) is 8.12. The van der Waals surface area contributed by atoms with Gasteiger partial charge in [0.1, 0.15) is 0 Å². The van der Waals surface area contributed by atoms with Gasteiger partial charge in [0.05, 0.1) is 17.8 Å². The second kappa shape index (κ2) is 4.78. The van der Waals surface area contributed by atoms with Crippen LogP contribution in [0.25, 0.3) is 5.69 Å². The van der Waals surface area contributed by atoms with Crippen molar-refractivity contribution in [3.05, 3.63) is 46.8 Å². The number of carboxylic acids is 1. The molecule has 0 saturated heterocycles. The first-order valence-corrected chi connectivity index (χ1v) is 6.93. The van der Waals surface area contributed by atoms with E-state index in [9.17, 15) is 4.79 Å². The van der Waals surface area contributed by atoms with Crippen LogP contribution in [0.1, 0.15) is 41.3 Å². The number of hydrogen-bond acceptors (Lipinski definition) is 2. The number of aromatic nitrogens is 2. The predicted octanol–water partition coefficient (Wildman–Crippen LogP) is 2.99. The number of aryl methyl sites for hydroxylation is 2. The lowest BCUT2D eigenvalue weighted by Gasteiger charge is -2.12. The zero-order chi connectivity index (χ0) is 14.3. The Bertz CT molecular complexity index is 649. The molecule has 0 atom stereocenters. The smallest absolute Gasteiger partial charge is 0.309 e. The first-order chi connectivity index (χ1) is 9.56. The van der Waals surface area contributed by atoms with Crippen LogP contribution in [0.3, 0.4) is 0 Å². The average Bonchev–Trinajstić information content (AvgIpc) is 3.12. The summed E-state index contributed by atoms with van der Waals surface area (Å²) in [4.78, 5) is 10.9. The minimum Gasteiger partial charge on any atom is -0.481 e. The van der Waals surface area contributed by atoms with E-state index in [4.69, 9.17) is 5.11 Å². The van der Waals surface area contributed by atoms with E-state index in [1.165, 1.54) is 12.8 Å². The van der Waals surface area contributed by atoms with Crippen molar-refractivity contribution >= 4 is 5.97 Å². The van der Waals surface area contributed by atoms with Crippen LogP contribution in [-0.2, 0) is 11.2 Å². The van der Waals surface area contributed by atoms with Crippen molar-refractivity contribution in [1.82, 2.24) is 9.78 Å². The molecule has 1 saturated carbocycles. The van der Waals surface area contributed by atoms with E-state index >= 15 is 0 Å². The molecule has 1 aliphatic carbocycles. The van der Waals surface area contributed by atoms with Gasteiger partial charge in [0.2, 0.25) is 0 Å². The highest BCUT2D eigenvalue weighted by molar-refractivity contribution is 5.69. The van der Waals surface area contributed by atoms with Crippen LogP contribution < -0.4 is 0 Å². The molecule has 1 heterocycles. The van der Waals surface area contributed by atoms with Crippen LogP contribution in [0.2, 0.25) is 0 Å². The van der Waals surface area contributed by atoms with Gasteiger partial charge in [0.15, 0.2) is 0 Å². The zero-order valence-corrected chi connectivity index (χ0v) is 11.8. The topological polar surface area (TPSA) is 55.1 Å². The molecule has 0 radical (unpaired) electrons. The normalized spacial score (nSPS) is 14.5. The molecule has 4 heteroatoms. The van der Waals surface area contributed by atoms with E-state index in [0.29, 0.717) is 11.6 Å². The third-order valence-electron chi connectivity index (χ3n) is 3.77. The third kappa shape index (κ3) is 2.33. The third-order valence-corrected chi connectivity index (χ3v) is 3.77. The lowest BCUT2D eigenvalue weighted by molar-refractivity contribution is -0.136. The summed E-state index contributed by atoms with van der Waals surface area (Å²) in [6.07, 6.45) is 2.32. The van der Waals surface area contributed by atoms with Gasteiger partial charge in [0.25, 0.3) is 0 Å². The zero-order valence-electron chi connectivity index (χ0n) is 11.8. The van der Waals surface area contributed by atoms with Crippen molar-refractivity contribution in [2.45, 2.75) is 39.0 Å².